The van der Waals surface area contributed by atoms with E-state index in [1.807, 2.05) is 12.1 Å². The van der Waals surface area contributed by atoms with Gasteiger partial charge >= 0.3 is 0 Å². The number of nitrogens with one attached hydrogen (secondary N) is 1. The molecule has 5 nitrogen and oxygen atoms in total. The van der Waals surface area contributed by atoms with Crippen LogP contribution in [0.25, 0.3) is 10.2 Å². The minimum absolute atomic E-state index is 0.0729. The molecule has 0 bridgehead atoms. The summed E-state index contributed by atoms with van der Waals surface area (Å²) >= 11 is 1.55. The first-order chi connectivity index (χ1) is 12.6. The van der Waals surface area contributed by atoms with Crippen LogP contribution in [0.4, 0.5) is 5.69 Å². The summed E-state index contributed by atoms with van der Waals surface area (Å²) in [4.78, 5) is 31.1. The molecule has 1 aliphatic rings. The molecule has 0 aliphatic heterocycles. The van der Waals surface area contributed by atoms with Crippen LogP contribution in [-0.2, 0) is 30.6 Å². The number of nitrogens with zero attached hydrogens (tertiary/aromatic N) is 2. The minimum Gasteiger partial charge on any atom is -0.326 e. The highest BCUT2D eigenvalue weighted by atomic mass is 32.1. The number of hydrogen-bond donors (Lipinski definition) is 1. The van der Waals surface area contributed by atoms with Crippen molar-refractivity contribution in [3.05, 3.63) is 57.0 Å². The predicted octanol–water partition coefficient (Wildman–Crippen LogP) is 3.54. The van der Waals surface area contributed by atoms with Gasteiger partial charge in [-0.3, -0.25) is 14.2 Å². The van der Waals surface area contributed by atoms with Crippen LogP contribution in [0.3, 0.4) is 0 Å². The third kappa shape index (κ3) is 3.29. The zero-order valence-corrected chi connectivity index (χ0v) is 15.6. The van der Waals surface area contributed by atoms with Gasteiger partial charge in [0, 0.05) is 23.5 Å². The van der Waals surface area contributed by atoms with Crippen LogP contribution in [0, 0.1) is 0 Å². The second kappa shape index (κ2) is 7.03. The monoisotopic (exact) mass is 367 g/mol. The molecule has 1 amide bonds. The summed E-state index contributed by atoms with van der Waals surface area (Å²) in [5, 5.41) is 3.59. The molecule has 0 spiro atoms. The Morgan fingerprint density at radius 3 is 2.96 bits per heavy atom. The topological polar surface area (TPSA) is 64.0 Å². The van der Waals surface area contributed by atoms with Crippen LogP contribution in [0.2, 0.25) is 0 Å². The van der Waals surface area contributed by atoms with Crippen molar-refractivity contribution in [3.8, 4) is 0 Å². The van der Waals surface area contributed by atoms with E-state index >= 15 is 0 Å². The van der Waals surface area contributed by atoms with Crippen molar-refractivity contribution in [1.82, 2.24) is 9.55 Å². The largest absolute Gasteiger partial charge is 0.326 e. The molecule has 2 aromatic heterocycles. The summed E-state index contributed by atoms with van der Waals surface area (Å²) in [7, 11) is 0. The molecule has 134 valence electrons. The molecule has 0 fully saturated rings. The minimum atomic E-state index is -0.0884. The van der Waals surface area contributed by atoms with Crippen molar-refractivity contribution < 1.29 is 4.79 Å². The standard InChI is InChI=1S/C20H21N3O2S/c1-2-16-11-17-19(26-16)21-12-23(20(17)25)9-8-18(24)22-15-7-6-13-4-3-5-14(13)10-15/h6-7,10-12H,2-5,8-9H2,1H3,(H,22,24). The molecular formula is C20H21N3O2S. The van der Waals surface area contributed by atoms with Gasteiger partial charge in [0.15, 0.2) is 0 Å². The lowest BCUT2D eigenvalue weighted by molar-refractivity contribution is -0.116. The van der Waals surface area contributed by atoms with Gasteiger partial charge in [-0.2, -0.15) is 0 Å². The van der Waals surface area contributed by atoms with E-state index in [0.717, 1.165) is 34.7 Å². The lowest BCUT2D eigenvalue weighted by Crippen LogP contribution is -2.23. The highest BCUT2D eigenvalue weighted by molar-refractivity contribution is 7.18. The molecule has 3 aromatic rings. The molecular weight excluding hydrogens is 346 g/mol. The van der Waals surface area contributed by atoms with Crippen LogP contribution < -0.4 is 10.9 Å². The first-order valence-corrected chi connectivity index (χ1v) is 9.85. The fraction of sp³-hybridized carbons (Fsp3) is 0.350. The van der Waals surface area contributed by atoms with Crippen molar-refractivity contribution in [2.45, 2.75) is 45.6 Å². The summed E-state index contributed by atoms with van der Waals surface area (Å²) in [6, 6.07) is 8.04. The van der Waals surface area contributed by atoms with E-state index in [4.69, 9.17) is 0 Å². The lowest BCUT2D eigenvalue weighted by atomic mass is 10.1. The van der Waals surface area contributed by atoms with Crippen LogP contribution >= 0.6 is 11.3 Å². The van der Waals surface area contributed by atoms with E-state index in [-0.39, 0.29) is 17.9 Å². The molecule has 0 unspecified atom stereocenters. The molecule has 0 atom stereocenters. The Morgan fingerprint density at radius 2 is 2.12 bits per heavy atom. The summed E-state index contributed by atoms with van der Waals surface area (Å²) in [5.41, 5.74) is 3.48. The molecule has 0 saturated carbocycles. The molecule has 2 heterocycles. The lowest BCUT2D eigenvalue weighted by Gasteiger charge is -2.08. The van der Waals surface area contributed by atoms with E-state index in [1.165, 1.54) is 22.1 Å². The van der Waals surface area contributed by atoms with E-state index in [1.54, 1.807) is 17.7 Å². The van der Waals surface area contributed by atoms with Gasteiger partial charge in [-0.25, -0.2) is 4.98 Å². The average Bonchev–Trinajstić information content (AvgIpc) is 3.27. The Balaban J connectivity index is 1.43. The van der Waals surface area contributed by atoms with Crippen LogP contribution in [0.5, 0.6) is 0 Å². The number of anilines is 1. The number of carbonyl (C=O) groups excluding carboxylic acids is 1. The predicted molar refractivity (Wildman–Crippen MR) is 105 cm³/mol. The van der Waals surface area contributed by atoms with Crippen LogP contribution in [0.15, 0.2) is 35.4 Å². The third-order valence-electron chi connectivity index (χ3n) is 4.88. The molecule has 1 N–H and O–H groups in total. The maximum atomic E-state index is 12.6. The normalized spacial score (nSPS) is 13.1. The molecule has 1 aromatic carbocycles. The Morgan fingerprint density at radius 1 is 1.27 bits per heavy atom. The quantitative estimate of drug-likeness (QED) is 0.750. The number of carbonyl (C=O) groups is 1. The molecule has 4 rings (SSSR count). The van der Waals surface area contributed by atoms with Crippen molar-refractivity contribution in [1.29, 1.82) is 0 Å². The van der Waals surface area contributed by atoms with E-state index in [2.05, 4.69) is 29.4 Å². The highest BCUT2D eigenvalue weighted by Crippen LogP contribution is 2.25. The number of fused-ring (bicyclic) bond motifs is 2. The molecule has 0 saturated heterocycles. The van der Waals surface area contributed by atoms with Crippen molar-refractivity contribution >= 4 is 33.1 Å². The SMILES string of the molecule is CCc1cc2c(=O)n(CCC(=O)Nc3ccc4c(c3)CCC4)cnc2s1. The molecule has 6 heteroatoms. The van der Waals surface area contributed by atoms with Crippen molar-refractivity contribution in [2.75, 3.05) is 5.32 Å². The smallest absolute Gasteiger partial charge is 0.262 e. The summed E-state index contributed by atoms with van der Waals surface area (Å²) in [6.45, 7) is 2.39. The Labute approximate surface area is 155 Å². The Hall–Kier alpha value is -2.47. The number of benzene rings is 1. The molecule has 0 radical (unpaired) electrons. The number of aromatic nitrogens is 2. The second-order valence-corrected chi connectivity index (χ2v) is 7.78. The van der Waals surface area contributed by atoms with Gasteiger partial charge in [0.1, 0.15) is 4.83 Å². The van der Waals surface area contributed by atoms with Crippen molar-refractivity contribution in [2.24, 2.45) is 0 Å². The fourth-order valence-corrected chi connectivity index (χ4v) is 4.36. The third-order valence-corrected chi connectivity index (χ3v) is 6.07. The summed E-state index contributed by atoms with van der Waals surface area (Å²) in [5.74, 6) is -0.0884. The van der Waals surface area contributed by atoms with Gasteiger partial charge in [0.05, 0.1) is 11.7 Å². The summed E-state index contributed by atoms with van der Waals surface area (Å²) in [6.07, 6.45) is 6.08. The second-order valence-electron chi connectivity index (χ2n) is 6.66. The van der Waals surface area contributed by atoms with E-state index in [0.29, 0.717) is 11.9 Å². The summed E-state index contributed by atoms with van der Waals surface area (Å²) < 4.78 is 1.52. The van der Waals surface area contributed by atoms with Gasteiger partial charge in [-0.15, -0.1) is 11.3 Å². The van der Waals surface area contributed by atoms with E-state index < -0.39 is 0 Å². The maximum absolute atomic E-state index is 12.6. The molecule has 1 aliphatic carbocycles. The van der Waals surface area contributed by atoms with Gasteiger partial charge in [-0.1, -0.05) is 13.0 Å². The number of thiophene rings is 1. The molecule has 26 heavy (non-hydrogen) atoms. The Kier molecular flexibility index (Phi) is 4.59. The first-order valence-electron chi connectivity index (χ1n) is 9.03. The van der Waals surface area contributed by atoms with Gasteiger partial charge in [0.25, 0.3) is 5.56 Å². The van der Waals surface area contributed by atoms with Gasteiger partial charge < -0.3 is 5.32 Å². The number of aryl methyl sites for hydroxylation is 4. The number of rotatable bonds is 5. The van der Waals surface area contributed by atoms with Gasteiger partial charge in [-0.05, 0) is 55.0 Å². The van der Waals surface area contributed by atoms with Crippen LogP contribution in [0.1, 0.15) is 35.8 Å². The number of hydrogen-bond acceptors (Lipinski definition) is 4. The van der Waals surface area contributed by atoms with Crippen LogP contribution in [-0.4, -0.2) is 15.5 Å². The van der Waals surface area contributed by atoms with Crippen molar-refractivity contribution in [3.63, 3.8) is 0 Å². The zero-order chi connectivity index (χ0) is 18.1. The van der Waals surface area contributed by atoms with Gasteiger partial charge in [0.2, 0.25) is 5.91 Å². The maximum Gasteiger partial charge on any atom is 0.262 e. The van der Waals surface area contributed by atoms with E-state index in [9.17, 15) is 9.59 Å². The fourth-order valence-electron chi connectivity index (χ4n) is 3.44. The highest BCUT2D eigenvalue weighted by Gasteiger charge is 2.13. The zero-order valence-electron chi connectivity index (χ0n) is 14.7. The Bertz CT molecular complexity index is 1040. The average molecular weight is 367 g/mol. The first kappa shape index (κ1) is 17.0. The number of amides is 1.